The van der Waals surface area contributed by atoms with E-state index >= 15 is 0 Å². The summed E-state index contributed by atoms with van der Waals surface area (Å²) >= 11 is 7.40. The van der Waals surface area contributed by atoms with E-state index in [0.29, 0.717) is 34.9 Å². The van der Waals surface area contributed by atoms with Crippen LogP contribution in [0.25, 0.3) is 0 Å². The summed E-state index contributed by atoms with van der Waals surface area (Å²) < 4.78 is 12.4. The van der Waals surface area contributed by atoms with Crippen LogP contribution in [0.3, 0.4) is 0 Å². The van der Waals surface area contributed by atoms with Gasteiger partial charge in [0.05, 0.1) is 16.9 Å². The highest BCUT2D eigenvalue weighted by Gasteiger charge is 2.18. The lowest BCUT2D eigenvalue weighted by molar-refractivity contribution is -0.120. The van der Waals surface area contributed by atoms with E-state index in [9.17, 15) is 4.79 Å². The van der Waals surface area contributed by atoms with Crippen molar-refractivity contribution in [1.82, 2.24) is 20.1 Å². The first-order valence-electron chi connectivity index (χ1n) is 7.71. The third-order valence-electron chi connectivity index (χ3n) is 3.38. The third-order valence-corrected chi connectivity index (χ3v) is 4.82. The Morgan fingerprint density at radius 2 is 2.16 bits per heavy atom. The lowest BCUT2D eigenvalue weighted by Crippen LogP contribution is -2.33. The zero-order valence-electron chi connectivity index (χ0n) is 14.4. The maximum Gasteiger partial charge on any atom is 0.233 e. The van der Waals surface area contributed by atoms with Gasteiger partial charge in [-0.3, -0.25) is 4.79 Å². The van der Waals surface area contributed by atoms with Crippen molar-refractivity contribution in [3.05, 3.63) is 35.1 Å². The smallest absolute Gasteiger partial charge is 0.233 e. The van der Waals surface area contributed by atoms with Gasteiger partial charge in [0.1, 0.15) is 12.4 Å². The molecule has 2 aromatic rings. The summed E-state index contributed by atoms with van der Waals surface area (Å²) in [5.41, 5.74) is 0. The fourth-order valence-electron chi connectivity index (χ4n) is 1.91. The van der Waals surface area contributed by atoms with Crippen LogP contribution in [-0.4, -0.2) is 46.2 Å². The first-order valence-corrected chi connectivity index (χ1v) is 8.97. The van der Waals surface area contributed by atoms with Gasteiger partial charge < -0.3 is 19.4 Å². The molecule has 0 fully saturated rings. The number of nitrogens with one attached hydrogen (secondary N) is 1. The Balaban J connectivity index is 1.91. The highest BCUT2D eigenvalue weighted by atomic mass is 35.5. The molecular weight excluding hydrogens is 364 g/mol. The second kappa shape index (κ2) is 9.65. The molecule has 1 aromatic carbocycles. The predicted molar refractivity (Wildman–Crippen MR) is 97.0 cm³/mol. The fourth-order valence-corrected chi connectivity index (χ4v) is 2.96. The molecule has 0 saturated heterocycles. The SMILES string of the molecule is COCCNC(=O)[C@H](C)Sc1nnc(COc2ccccc2Cl)n1C. The first-order chi connectivity index (χ1) is 12.0. The summed E-state index contributed by atoms with van der Waals surface area (Å²) in [5, 5.41) is 11.9. The number of benzene rings is 1. The number of methoxy groups -OCH3 is 1. The van der Waals surface area contributed by atoms with Crippen LogP contribution in [0.1, 0.15) is 12.7 Å². The lowest BCUT2D eigenvalue weighted by Gasteiger charge is -2.11. The quantitative estimate of drug-likeness (QED) is 0.528. The molecule has 2 rings (SSSR count). The molecule has 7 nitrogen and oxygen atoms in total. The Kier molecular flexibility index (Phi) is 7.54. The van der Waals surface area contributed by atoms with Crippen LogP contribution in [0.4, 0.5) is 0 Å². The first kappa shape index (κ1) is 19.6. The zero-order chi connectivity index (χ0) is 18.2. The topological polar surface area (TPSA) is 78.3 Å². The molecule has 1 heterocycles. The fraction of sp³-hybridized carbons (Fsp3) is 0.438. The van der Waals surface area contributed by atoms with Crippen LogP contribution < -0.4 is 10.1 Å². The number of hydrogen-bond acceptors (Lipinski definition) is 6. The predicted octanol–water partition coefficient (Wildman–Crippen LogP) is 2.29. The second-order valence-corrected chi connectivity index (χ2v) is 6.94. The van der Waals surface area contributed by atoms with Crippen LogP contribution in [0.5, 0.6) is 5.75 Å². The van der Waals surface area contributed by atoms with E-state index in [0.717, 1.165) is 0 Å². The number of ether oxygens (including phenoxy) is 2. The Morgan fingerprint density at radius 3 is 2.88 bits per heavy atom. The van der Waals surface area contributed by atoms with Gasteiger partial charge in [0.25, 0.3) is 0 Å². The van der Waals surface area contributed by atoms with Crippen LogP contribution in [0.2, 0.25) is 5.02 Å². The molecule has 0 bridgehead atoms. The van der Waals surface area contributed by atoms with Crippen molar-refractivity contribution in [2.24, 2.45) is 7.05 Å². The maximum absolute atomic E-state index is 12.0. The van der Waals surface area contributed by atoms with Gasteiger partial charge in [0.2, 0.25) is 5.91 Å². The van der Waals surface area contributed by atoms with E-state index in [2.05, 4.69) is 15.5 Å². The molecule has 0 radical (unpaired) electrons. The van der Waals surface area contributed by atoms with Gasteiger partial charge in [-0.05, 0) is 19.1 Å². The molecule has 1 amide bonds. The molecule has 0 unspecified atom stereocenters. The number of carbonyl (C=O) groups is 1. The van der Waals surface area contributed by atoms with Gasteiger partial charge in [0.15, 0.2) is 11.0 Å². The number of amides is 1. The number of aromatic nitrogens is 3. The largest absolute Gasteiger partial charge is 0.484 e. The van der Waals surface area contributed by atoms with Crippen molar-refractivity contribution in [2.45, 2.75) is 23.9 Å². The monoisotopic (exact) mass is 384 g/mol. The van der Waals surface area contributed by atoms with Crippen molar-refractivity contribution < 1.29 is 14.3 Å². The summed E-state index contributed by atoms with van der Waals surface area (Å²) in [5.74, 6) is 1.17. The van der Waals surface area contributed by atoms with E-state index in [-0.39, 0.29) is 17.8 Å². The van der Waals surface area contributed by atoms with E-state index in [1.807, 2.05) is 26.1 Å². The molecule has 1 atom stereocenters. The van der Waals surface area contributed by atoms with Gasteiger partial charge >= 0.3 is 0 Å². The molecule has 136 valence electrons. The molecule has 0 aliphatic carbocycles. The second-order valence-electron chi connectivity index (χ2n) is 5.22. The minimum absolute atomic E-state index is 0.0704. The molecule has 0 saturated carbocycles. The van der Waals surface area contributed by atoms with Crippen molar-refractivity contribution in [3.63, 3.8) is 0 Å². The molecular formula is C16H21ClN4O3S. The molecule has 25 heavy (non-hydrogen) atoms. The minimum Gasteiger partial charge on any atom is -0.484 e. The molecule has 0 spiro atoms. The van der Waals surface area contributed by atoms with Gasteiger partial charge in [0, 0.05) is 20.7 Å². The normalized spacial score (nSPS) is 12.0. The van der Waals surface area contributed by atoms with Crippen LogP contribution >= 0.6 is 23.4 Å². The Labute approximate surface area is 156 Å². The summed E-state index contributed by atoms with van der Waals surface area (Å²) in [7, 11) is 3.43. The van der Waals surface area contributed by atoms with Crippen LogP contribution in [-0.2, 0) is 23.2 Å². The summed E-state index contributed by atoms with van der Waals surface area (Å²) in [6.45, 7) is 3.02. The number of halogens is 1. The van der Waals surface area contributed by atoms with E-state index in [4.69, 9.17) is 21.1 Å². The van der Waals surface area contributed by atoms with Crippen LogP contribution in [0.15, 0.2) is 29.4 Å². The third kappa shape index (κ3) is 5.62. The molecule has 1 aromatic heterocycles. The average Bonchev–Trinajstić information content (AvgIpc) is 2.94. The van der Waals surface area contributed by atoms with Gasteiger partial charge in [-0.2, -0.15) is 0 Å². The van der Waals surface area contributed by atoms with Gasteiger partial charge in [-0.1, -0.05) is 35.5 Å². The lowest BCUT2D eigenvalue weighted by atomic mass is 10.3. The molecule has 1 N–H and O–H groups in total. The summed E-state index contributed by atoms with van der Waals surface area (Å²) in [4.78, 5) is 12.0. The summed E-state index contributed by atoms with van der Waals surface area (Å²) in [6.07, 6.45) is 0. The number of para-hydroxylation sites is 1. The van der Waals surface area contributed by atoms with E-state index in [1.165, 1.54) is 11.8 Å². The van der Waals surface area contributed by atoms with Gasteiger partial charge in [-0.15, -0.1) is 10.2 Å². The highest BCUT2D eigenvalue weighted by Crippen LogP contribution is 2.25. The molecule has 0 aliphatic heterocycles. The van der Waals surface area contributed by atoms with Crippen molar-refractivity contribution in [3.8, 4) is 5.75 Å². The Morgan fingerprint density at radius 1 is 1.40 bits per heavy atom. The zero-order valence-corrected chi connectivity index (χ0v) is 15.9. The number of rotatable bonds is 9. The van der Waals surface area contributed by atoms with Crippen molar-refractivity contribution >= 4 is 29.3 Å². The van der Waals surface area contributed by atoms with E-state index in [1.54, 1.807) is 23.8 Å². The van der Waals surface area contributed by atoms with Crippen molar-refractivity contribution in [1.29, 1.82) is 0 Å². The number of nitrogens with zero attached hydrogens (tertiary/aromatic N) is 3. The Hall–Kier alpha value is -1.77. The molecule has 9 heteroatoms. The van der Waals surface area contributed by atoms with Crippen LogP contribution in [0, 0.1) is 0 Å². The van der Waals surface area contributed by atoms with Crippen molar-refractivity contribution in [2.75, 3.05) is 20.3 Å². The molecule has 0 aliphatic rings. The van der Waals surface area contributed by atoms with Gasteiger partial charge in [-0.25, -0.2) is 0 Å². The number of thioether (sulfide) groups is 1. The number of hydrogen-bond donors (Lipinski definition) is 1. The highest BCUT2D eigenvalue weighted by molar-refractivity contribution is 8.00. The summed E-state index contributed by atoms with van der Waals surface area (Å²) in [6, 6.07) is 7.24. The maximum atomic E-state index is 12.0. The minimum atomic E-state index is -0.294. The van der Waals surface area contributed by atoms with E-state index < -0.39 is 0 Å². The standard InChI is InChI=1S/C16H21ClN4O3S/c1-11(15(22)18-8-9-23-3)25-16-20-19-14(21(16)2)10-24-13-7-5-4-6-12(13)17/h4-7,11H,8-10H2,1-3H3,(H,18,22)/t11-/m0/s1. The Bertz CT molecular complexity index is 710. The average molecular weight is 385 g/mol. The number of carbonyl (C=O) groups excluding carboxylic acids is 1.